The molecule has 5 heteroatoms. The molecule has 2 heterocycles. The first-order chi connectivity index (χ1) is 8.69. The Balaban J connectivity index is 2.50. The summed E-state index contributed by atoms with van der Waals surface area (Å²) in [5.74, 6) is 1.17. The van der Waals surface area contributed by atoms with Gasteiger partial charge in [0.1, 0.15) is 0 Å². The second-order valence-electron chi connectivity index (χ2n) is 4.01. The fraction of sp³-hybridized carbons (Fsp3) is 0.385. The van der Waals surface area contributed by atoms with Gasteiger partial charge < -0.3 is 10.5 Å². The zero-order chi connectivity index (χ0) is 13.1. The number of rotatable bonds is 4. The maximum Gasteiger partial charge on any atom is 0.238 e. The number of aromatic nitrogens is 3. The third-order valence-electron chi connectivity index (χ3n) is 2.84. The van der Waals surface area contributed by atoms with E-state index < -0.39 is 0 Å². The van der Waals surface area contributed by atoms with Gasteiger partial charge in [-0.1, -0.05) is 13.8 Å². The molecule has 0 saturated carbocycles. The summed E-state index contributed by atoms with van der Waals surface area (Å²) < 4.78 is 6.98. The van der Waals surface area contributed by atoms with Gasteiger partial charge in [-0.15, -0.1) is 0 Å². The standard InChI is InChI=1S/C13H18N4O/c1-4-9-8-10(5-2)17(16-9)12-7-6-11(14)13(15-12)18-3/h6-8H,4-5,14H2,1-3H3. The van der Waals surface area contributed by atoms with E-state index in [4.69, 9.17) is 10.5 Å². The average molecular weight is 246 g/mol. The number of nitrogen functional groups attached to an aromatic ring is 1. The summed E-state index contributed by atoms with van der Waals surface area (Å²) >= 11 is 0. The van der Waals surface area contributed by atoms with Gasteiger partial charge in [0, 0.05) is 5.69 Å². The Morgan fingerprint density at radius 1 is 1.28 bits per heavy atom. The van der Waals surface area contributed by atoms with Crippen molar-refractivity contribution in [2.75, 3.05) is 12.8 Å². The third-order valence-corrected chi connectivity index (χ3v) is 2.84. The Bertz CT molecular complexity index is 548. The van der Waals surface area contributed by atoms with E-state index in [1.165, 1.54) is 0 Å². The van der Waals surface area contributed by atoms with Gasteiger partial charge in [0.05, 0.1) is 18.5 Å². The molecule has 0 fully saturated rings. The van der Waals surface area contributed by atoms with E-state index in [9.17, 15) is 0 Å². The van der Waals surface area contributed by atoms with Crippen molar-refractivity contribution < 1.29 is 4.74 Å². The molecule has 0 amide bonds. The van der Waals surface area contributed by atoms with Gasteiger partial charge in [0.25, 0.3) is 0 Å². The highest BCUT2D eigenvalue weighted by Gasteiger charge is 2.10. The molecule has 0 spiro atoms. The predicted molar refractivity (Wildman–Crippen MR) is 71.1 cm³/mol. The molecule has 2 rings (SSSR count). The zero-order valence-corrected chi connectivity index (χ0v) is 11.0. The molecule has 96 valence electrons. The molecule has 0 bridgehead atoms. The SMILES string of the molecule is CCc1cc(CC)n(-c2ccc(N)c(OC)n2)n1. The largest absolute Gasteiger partial charge is 0.479 e. The summed E-state index contributed by atoms with van der Waals surface area (Å²) in [5, 5.41) is 4.53. The van der Waals surface area contributed by atoms with Gasteiger partial charge >= 0.3 is 0 Å². The van der Waals surface area contributed by atoms with Crippen LogP contribution in [-0.2, 0) is 12.8 Å². The second kappa shape index (κ2) is 5.08. The second-order valence-corrected chi connectivity index (χ2v) is 4.01. The van der Waals surface area contributed by atoms with Crippen LogP contribution < -0.4 is 10.5 Å². The van der Waals surface area contributed by atoms with Crippen LogP contribution in [0, 0.1) is 0 Å². The molecule has 0 aliphatic rings. The minimum absolute atomic E-state index is 0.433. The summed E-state index contributed by atoms with van der Waals surface area (Å²) in [6, 6.07) is 5.74. The van der Waals surface area contributed by atoms with Crippen LogP contribution in [0.2, 0.25) is 0 Å². The fourth-order valence-electron chi connectivity index (χ4n) is 1.82. The van der Waals surface area contributed by atoms with Crippen LogP contribution in [0.5, 0.6) is 5.88 Å². The Morgan fingerprint density at radius 2 is 2.06 bits per heavy atom. The molecule has 0 unspecified atom stereocenters. The van der Waals surface area contributed by atoms with E-state index in [1.807, 2.05) is 10.7 Å². The molecular weight excluding hydrogens is 228 g/mol. The van der Waals surface area contributed by atoms with Crippen LogP contribution in [0.1, 0.15) is 25.2 Å². The first-order valence-corrected chi connectivity index (χ1v) is 6.08. The van der Waals surface area contributed by atoms with Crippen LogP contribution >= 0.6 is 0 Å². The van der Waals surface area contributed by atoms with Gasteiger partial charge in [0.15, 0.2) is 5.82 Å². The average Bonchev–Trinajstić information content (AvgIpc) is 2.82. The number of nitrogens with zero attached hydrogens (tertiary/aromatic N) is 3. The Morgan fingerprint density at radius 3 is 2.67 bits per heavy atom. The molecule has 0 saturated heterocycles. The maximum atomic E-state index is 5.76. The van der Waals surface area contributed by atoms with E-state index in [-0.39, 0.29) is 0 Å². The number of hydrogen-bond donors (Lipinski definition) is 1. The lowest BCUT2D eigenvalue weighted by molar-refractivity contribution is 0.399. The van der Waals surface area contributed by atoms with Crippen LogP contribution in [-0.4, -0.2) is 21.9 Å². The molecule has 5 nitrogen and oxygen atoms in total. The van der Waals surface area contributed by atoms with E-state index >= 15 is 0 Å². The minimum Gasteiger partial charge on any atom is -0.479 e. The van der Waals surface area contributed by atoms with Crippen molar-refractivity contribution >= 4 is 5.69 Å². The lowest BCUT2D eigenvalue weighted by atomic mass is 10.2. The van der Waals surface area contributed by atoms with Crippen molar-refractivity contribution in [2.45, 2.75) is 26.7 Å². The smallest absolute Gasteiger partial charge is 0.238 e. The van der Waals surface area contributed by atoms with Crippen molar-refractivity contribution in [3.8, 4) is 11.7 Å². The third kappa shape index (κ3) is 2.16. The summed E-state index contributed by atoms with van der Waals surface area (Å²) in [5.41, 5.74) is 8.48. The van der Waals surface area contributed by atoms with E-state index in [0.717, 1.165) is 30.0 Å². The van der Waals surface area contributed by atoms with Gasteiger partial charge in [-0.05, 0) is 31.0 Å². The molecular formula is C13H18N4O. The number of ether oxygens (including phenoxy) is 1. The van der Waals surface area contributed by atoms with Crippen LogP contribution in [0.15, 0.2) is 18.2 Å². The quantitative estimate of drug-likeness (QED) is 0.895. The lowest BCUT2D eigenvalue weighted by Gasteiger charge is -2.08. The molecule has 0 aliphatic carbocycles. The van der Waals surface area contributed by atoms with Crippen molar-refractivity contribution in [1.82, 2.24) is 14.8 Å². The molecule has 2 N–H and O–H groups in total. The summed E-state index contributed by atoms with van der Waals surface area (Å²) in [6.07, 6.45) is 1.81. The Kier molecular flexibility index (Phi) is 3.50. The first-order valence-electron chi connectivity index (χ1n) is 6.08. The van der Waals surface area contributed by atoms with Gasteiger partial charge in [-0.3, -0.25) is 0 Å². The molecule has 0 radical (unpaired) electrons. The zero-order valence-electron chi connectivity index (χ0n) is 11.0. The number of anilines is 1. The van der Waals surface area contributed by atoms with Crippen LogP contribution in [0.4, 0.5) is 5.69 Å². The lowest BCUT2D eigenvalue weighted by Crippen LogP contribution is -2.06. The molecule has 2 aromatic heterocycles. The Labute approximate surface area is 107 Å². The fourth-order valence-corrected chi connectivity index (χ4v) is 1.82. The van der Waals surface area contributed by atoms with Crippen molar-refractivity contribution in [2.24, 2.45) is 0 Å². The summed E-state index contributed by atoms with van der Waals surface area (Å²) in [6.45, 7) is 4.19. The topological polar surface area (TPSA) is 66.0 Å². The highest BCUT2D eigenvalue weighted by molar-refractivity contribution is 5.50. The normalized spacial score (nSPS) is 10.6. The predicted octanol–water partition coefficient (Wildman–Crippen LogP) is 1.98. The van der Waals surface area contributed by atoms with Crippen LogP contribution in [0.3, 0.4) is 0 Å². The number of aryl methyl sites for hydroxylation is 2. The molecule has 2 aromatic rings. The summed E-state index contributed by atoms with van der Waals surface area (Å²) in [7, 11) is 1.56. The van der Waals surface area contributed by atoms with Gasteiger partial charge in [-0.2, -0.15) is 10.1 Å². The van der Waals surface area contributed by atoms with Crippen molar-refractivity contribution in [1.29, 1.82) is 0 Å². The van der Waals surface area contributed by atoms with Gasteiger partial charge in [0.2, 0.25) is 5.88 Å². The number of methoxy groups -OCH3 is 1. The van der Waals surface area contributed by atoms with E-state index in [1.54, 1.807) is 13.2 Å². The number of hydrogen-bond acceptors (Lipinski definition) is 4. The van der Waals surface area contributed by atoms with Crippen LogP contribution in [0.25, 0.3) is 5.82 Å². The maximum absolute atomic E-state index is 5.76. The van der Waals surface area contributed by atoms with Crippen molar-refractivity contribution in [3.63, 3.8) is 0 Å². The summed E-state index contributed by atoms with van der Waals surface area (Å²) in [4.78, 5) is 4.37. The first kappa shape index (κ1) is 12.4. The molecule has 18 heavy (non-hydrogen) atoms. The minimum atomic E-state index is 0.433. The number of pyridine rings is 1. The molecule has 0 aliphatic heterocycles. The number of nitrogens with two attached hydrogens (primary N) is 1. The van der Waals surface area contributed by atoms with E-state index in [2.05, 4.69) is 30.0 Å². The monoisotopic (exact) mass is 246 g/mol. The van der Waals surface area contributed by atoms with Crippen molar-refractivity contribution in [3.05, 3.63) is 29.6 Å². The highest BCUT2D eigenvalue weighted by atomic mass is 16.5. The van der Waals surface area contributed by atoms with Gasteiger partial charge in [-0.25, -0.2) is 4.68 Å². The highest BCUT2D eigenvalue weighted by Crippen LogP contribution is 2.21. The molecule has 0 aromatic carbocycles. The van der Waals surface area contributed by atoms with E-state index in [0.29, 0.717) is 11.6 Å². The Hall–Kier alpha value is -2.04. The molecule has 0 atom stereocenters.